The molecule has 0 aliphatic heterocycles. The minimum atomic E-state index is -3.52. The van der Waals surface area contributed by atoms with E-state index < -0.39 is 9.84 Å². The summed E-state index contributed by atoms with van der Waals surface area (Å²) in [5.74, 6) is 1.40. The van der Waals surface area contributed by atoms with Crippen molar-refractivity contribution in [2.75, 3.05) is 24.0 Å². The highest BCUT2D eigenvalue weighted by molar-refractivity contribution is 7.90. The van der Waals surface area contributed by atoms with Gasteiger partial charge in [-0.2, -0.15) is 0 Å². The van der Waals surface area contributed by atoms with E-state index in [9.17, 15) is 13.2 Å². The maximum atomic E-state index is 12.8. The van der Waals surface area contributed by atoms with Crippen LogP contribution in [0.1, 0.15) is 29.9 Å². The third-order valence-electron chi connectivity index (χ3n) is 5.93. The second-order valence-electron chi connectivity index (χ2n) is 8.79. The van der Waals surface area contributed by atoms with Crippen LogP contribution in [0.15, 0.2) is 52.3 Å². The first kappa shape index (κ1) is 23.1. The van der Waals surface area contributed by atoms with Gasteiger partial charge in [0.1, 0.15) is 17.0 Å². The van der Waals surface area contributed by atoms with E-state index in [1.54, 1.807) is 38.6 Å². The monoisotopic (exact) mass is 494 g/mol. The lowest BCUT2D eigenvalue weighted by Crippen LogP contribution is -2.12. The number of aromatic amines is 1. The smallest absolute Gasteiger partial charge is 0.277 e. The summed E-state index contributed by atoms with van der Waals surface area (Å²) >= 11 is 0. The first-order valence-electron chi connectivity index (χ1n) is 11.1. The van der Waals surface area contributed by atoms with Gasteiger partial charge in [0.25, 0.3) is 5.56 Å². The number of hydrogen-bond acceptors (Lipinski definition) is 8. The van der Waals surface area contributed by atoms with Crippen molar-refractivity contribution in [3.05, 3.63) is 64.1 Å². The molecule has 3 aromatic heterocycles. The number of methoxy groups -OCH3 is 1. The van der Waals surface area contributed by atoms with Gasteiger partial charge in [-0.05, 0) is 54.2 Å². The molecule has 0 radical (unpaired) electrons. The van der Waals surface area contributed by atoms with Gasteiger partial charge in [0.15, 0.2) is 15.5 Å². The van der Waals surface area contributed by atoms with Gasteiger partial charge in [-0.25, -0.2) is 18.4 Å². The third-order valence-corrected chi connectivity index (χ3v) is 7.06. The summed E-state index contributed by atoms with van der Waals surface area (Å²) in [7, 11) is -0.296. The van der Waals surface area contributed by atoms with Crippen LogP contribution in [-0.2, 0) is 28.2 Å². The lowest BCUT2D eigenvalue weighted by Gasteiger charge is -2.14. The number of anilines is 4. The lowest BCUT2D eigenvalue weighted by molar-refractivity contribution is 0.185. The number of pyridine rings is 2. The highest BCUT2D eigenvalue weighted by Crippen LogP contribution is 2.42. The first-order chi connectivity index (χ1) is 16.7. The molecule has 4 aromatic rings. The van der Waals surface area contributed by atoms with E-state index in [0.29, 0.717) is 46.6 Å². The van der Waals surface area contributed by atoms with Crippen LogP contribution >= 0.6 is 0 Å². The highest BCUT2D eigenvalue weighted by atomic mass is 32.2. The van der Waals surface area contributed by atoms with E-state index in [-0.39, 0.29) is 10.5 Å². The number of H-pyrrole nitrogens is 1. The number of ether oxygens (including phenoxy) is 1. The van der Waals surface area contributed by atoms with Crippen molar-refractivity contribution in [1.82, 2.24) is 19.7 Å². The lowest BCUT2D eigenvalue weighted by atomic mass is 10.1. The van der Waals surface area contributed by atoms with Crippen LogP contribution in [0.5, 0.6) is 0 Å². The van der Waals surface area contributed by atoms with Gasteiger partial charge in [-0.15, -0.1) is 0 Å². The fraction of sp³-hybridized carbons (Fsp3) is 0.292. The van der Waals surface area contributed by atoms with E-state index >= 15 is 0 Å². The van der Waals surface area contributed by atoms with Crippen molar-refractivity contribution < 1.29 is 13.2 Å². The van der Waals surface area contributed by atoms with E-state index in [0.717, 1.165) is 24.0 Å². The van der Waals surface area contributed by atoms with Gasteiger partial charge in [0.2, 0.25) is 0 Å². The molecule has 3 N–H and O–H groups in total. The molecule has 0 atom stereocenters. The molecule has 3 heterocycles. The maximum absolute atomic E-state index is 12.8. The second-order valence-corrected chi connectivity index (χ2v) is 10.8. The van der Waals surface area contributed by atoms with Gasteiger partial charge in [0, 0.05) is 32.7 Å². The number of nitrogens with zero attached hydrogens (tertiary/aromatic N) is 3. The van der Waals surface area contributed by atoms with Gasteiger partial charge in [-0.1, -0.05) is 6.07 Å². The van der Waals surface area contributed by atoms with Crippen LogP contribution < -0.4 is 16.2 Å². The highest BCUT2D eigenvalue weighted by Gasteiger charge is 2.26. The zero-order chi connectivity index (χ0) is 24.7. The molecule has 0 amide bonds. The molecular formula is C24H26N6O4S. The van der Waals surface area contributed by atoms with E-state index in [4.69, 9.17) is 4.74 Å². The Morgan fingerprint density at radius 3 is 2.63 bits per heavy atom. The molecule has 182 valence electrons. The number of hydrogen-bond donors (Lipinski definition) is 3. The van der Waals surface area contributed by atoms with Crippen LogP contribution in [0.25, 0.3) is 11.0 Å². The summed E-state index contributed by atoms with van der Waals surface area (Å²) in [5.41, 5.74) is 2.85. The Balaban J connectivity index is 1.58. The van der Waals surface area contributed by atoms with Crippen molar-refractivity contribution in [3.63, 3.8) is 0 Å². The molecule has 11 heteroatoms. The summed E-state index contributed by atoms with van der Waals surface area (Å²) in [5, 5.41) is 9.61. The Labute approximate surface area is 202 Å². The molecule has 1 fully saturated rings. The molecule has 35 heavy (non-hydrogen) atoms. The molecule has 0 spiro atoms. The predicted octanol–water partition coefficient (Wildman–Crippen LogP) is 3.57. The molecule has 0 saturated heterocycles. The minimum absolute atomic E-state index is 0.197. The summed E-state index contributed by atoms with van der Waals surface area (Å²) in [6, 6.07) is 10.8. The molecule has 1 aliphatic carbocycles. The molecular weight excluding hydrogens is 468 g/mol. The van der Waals surface area contributed by atoms with Gasteiger partial charge >= 0.3 is 0 Å². The van der Waals surface area contributed by atoms with E-state index in [2.05, 4.69) is 25.7 Å². The fourth-order valence-electron chi connectivity index (χ4n) is 4.08. The number of sulfone groups is 1. The predicted molar refractivity (Wildman–Crippen MR) is 134 cm³/mol. The summed E-state index contributed by atoms with van der Waals surface area (Å²) in [6.45, 7) is 0.438. The quantitative estimate of drug-likeness (QED) is 0.339. The van der Waals surface area contributed by atoms with Gasteiger partial charge in [-0.3, -0.25) is 14.6 Å². The standard InChI is InChI=1S/C24H26N6O4S/c1-30-24(31)22-18(26-17-7-6-16(15-4-5-15)11-19(17)35(3,32)33)12-21(28-23(22)29-30)27-20-10-14(13-34-2)8-9-25-20/h6-12,15H,4-5,13H2,1-3H3,(H3,25,26,27,28,29). The van der Waals surface area contributed by atoms with Crippen molar-refractivity contribution in [2.24, 2.45) is 7.05 Å². The van der Waals surface area contributed by atoms with Crippen LogP contribution in [0.4, 0.5) is 23.0 Å². The second kappa shape index (κ2) is 8.82. The van der Waals surface area contributed by atoms with E-state index in [1.165, 1.54) is 10.9 Å². The molecule has 10 nitrogen and oxygen atoms in total. The molecule has 5 rings (SSSR count). The number of aryl methyl sites for hydroxylation is 1. The number of nitrogens with one attached hydrogen (secondary N) is 3. The fourth-order valence-corrected chi connectivity index (χ4v) is 4.95. The zero-order valence-electron chi connectivity index (χ0n) is 19.6. The van der Waals surface area contributed by atoms with Crippen molar-refractivity contribution in [2.45, 2.75) is 30.3 Å². The molecule has 0 unspecified atom stereocenters. The zero-order valence-corrected chi connectivity index (χ0v) is 20.4. The first-order valence-corrected chi connectivity index (χ1v) is 13.0. The molecule has 1 aromatic carbocycles. The average Bonchev–Trinajstić information content (AvgIpc) is 3.60. The van der Waals surface area contributed by atoms with Crippen LogP contribution in [0.3, 0.4) is 0 Å². The number of benzene rings is 1. The summed E-state index contributed by atoms with van der Waals surface area (Å²) in [4.78, 5) is 21.9. The Hall–Kier alpha value is -3.70. The Morgan fingerprint density at radius 1 is 1.11 bits per heavy atom. The van der Waals surface area contributed by atoms with Crippen molar-refractivity contribution in [1.29, 1.82) is 0 Å². The van der Waals surface area contributed by atoms with Crippen molar-refractivity contribution >= 4 is 43.9 Å². The Bertz CT molecular complexity index is 1590. The largest absolute Gasteiger partial charge is 0.380 e. The summed E-state index contributed by atoms with van der Waals surface area (Å²) in [6.07, 6.45) is 4.98. The molecule has 0 bridgehead atoms. The van der Waals surface area contributed by atoms with Crippen molar-refractivity contribution in [3.8, 4) is 0 Å². The molecule has 1 saturated carbocycles. The van der Waals surface area contributed by atoms with Crippen LogP contribution in [-0.4, -0.2) is 41.5 Å². The Kier molecular flexibility index (Phi) is 5.81. The normalized spacial score (nSPS) is 13.8. The SMILES string of the molecule is COCc1ccnc(Nc2cc(Nc3ccc(C4CC4)cc3S(C)(=O)=O)c3c(=O)n(C)[nH]c3n2)c1. The van der Waals surface area contributed by atoms with Crippen LogP contribution in [0, 0.1) is 0 Å². The topological polar surface area (TPSA) is 131 Å². The average molecular weight is 495 g/mol. The van der Waals surface area contributed by atoms with Gasteiger partial charge < -0.3 is 15.4 Å². The maximum Gasteiger partial charge on any atom is 0.277 e. The third kappa shape index (κ3) is 4.77. The number of fused-ring (bicyclic) bond motifs is 1. The van der Waals surface area contributed by atoms with Gasteiger partial charge in [0.05, 0.1) is 22.9 Å². The minimum Gasteiger partial charge on any atom is -0.380 e. The van der Waals surface area contributed by atoms with Crippen LogP contribution in [0.2, 0.25) is 0 Å². The molecule has 1 aliphatic rings. The number of rotatable bonds is 8. The number of aromatic nitrogens is 4. The van der Waals surface area contributed by atoms with E-state index in [1.807, 2.05) is 18.2 Å². The summed E-state index contributed by atoms with van der Waals surface area (Å²) < 4.78 is 31.7. The Morgan fingerprint density at radius 2 is 1.91 bits per heavy atom.